The predicted molar refractivity (Wildman–Crippen MR) is 56.6 cm³/mol. The average Bonchev–Trinajstić information content (AvgIpc) is 2.15. The number of nitrogens with two attached hydrogens (primary N) is 3. The molecule has 4 amide bonds. The molecular formula is C9H14N4O2. The second-order valence-corrected chi connectivity index (χ2v) is 2.61. The predicted octanol–water partition coefficient (Wildman–Crippen LogP) is -0.121. The molecule has 7 N–H and O–H groups in total. The highest BCUT2D eigenvalue weighted by Gasteiger charge is 1.91. The summed E-state index contributed by atoms with van der Waals surface area (Å²) in [5, 5.41) is 2.50. The maximum Gasteiger partial charge on any atom is 0.312 e. The lowest BCUT2D eigenvalue weighted by Gasteiger charge is -1.99. The molecule has 82 valence electrons. The van der Waals surface area contributed by atoms with Gasteiger partial charge in [0.15, 0.2) is 0 Å². The maximum atomic E-state index is 10.3. The molecule has 1 rings (SSSR count). The van der Waals surface area contributed by atoms with Crippen LogP contribution in [0.15, 0.2) is 30.3 Å². The van der Waals surface area contributed by atoms with E-state index in [1.807, 2.05) is 30.3 Å². The van der Waals surface area contributed by atoms with Crippen LogP contribution in [0.1, 0.15) is 5.56 Å². The molecule has 1 aromatic carbocycles. The van der Waals surface area contributed by atoms with Crippen molar-refractivity contribution in [3.05, 3.63) is 35.9 Å². The molecule has 0 atom stereocenters. The molecule has 0 aromatic heterocycles. The van der Waals surface area contributed by atoms with Crippen LogP contribution in [-0.2, 0) is 6.54 Å². The summed E-state index contributed by atoms with van der Waals surface area (Å²) in [4.78, 5) is 19.3. The van der Waals surface area contributed by atoms with E-state index in [-0.39, 0.29) is 0 Å². The third-order valence-corrected chi connectivity index (χ3v) is 1.31. The van der Waals surface area contributed by atoms with Gasteiger partial charge in [0, 0.05) is 6.54 Å². The molecule has 0 saturated heterocycles. The van der Waals surface area contributed by atoms with Crippen molar-refractivity contribution in [3.8, 4) is 0 Å². The first kappa shape index (κ1) is 12.8. The van der Waals surface area contributed by atoms with Crippen molar-refractivity contribution in [2.45, 2.75) is 6.54 Å². The third kappa shape index (κ3) is 9.68. The van der Waals surface area contributed by atoms with Crippen LogP contribution in [0.2, 0.25) is 0 Å². The van der Waals surface area contributed by atoms with Crippen LogP contribution in [0.5, 0.6) is 0 Å². The number of hydrogen-bond acceptors (Lipinski definition) is 2. The molecule has 6 heteroatoms. The summed E-state index contributed by atoms with van der Waals surface area (Å²) in [6.45, 7) is 0.496. The molecule has 0 heterocycles. The minimum atomic E-state index is -0.833. The number of benzene rings is 1. The van der Waals surface area contributed by atoms with Crippen LogP contribution in [0.4, 0.5) is 9.59 Å². The van der Waals surface area contributed by atoms with Crippen LogP contribution in [0.3, 0.4) is 0 Å². The van der Waals surface area contributed by atoms with Gasteiger partial charge in [0.2, 0.25) is 0 Å². The second-order valence-electron chi connectivity index (χ2n) is 2.61. The minimum Gasteiger partial charge on any atom is -0.352 e. The van der Waals surface area contributed by atoms with Crippen LogP contribution in [-0.4, -0.2) is 12.1 Å². The molecule has 0 aliphatic carbocycles. The number of nitrogens with one attached hydrogen (secondary N) is 1. The van der Waals surface area contributed by atoms with Crippen molar-refractivity contribution in [3.63, 3.8) is 0 Å². The lowest BCUT2D eigenvalue weighted by Crippen LogP contribution is -2.28. The van der Waals surface area contributed by atoms with Gasteiger partial charge < -0.3 is 22.5 Å². The SMILES string of the molecule is NC(=O)NCc1ccccc1.NC(N)=O. The molecular weight excluding hydrogens is 196 g/mol. The lowest BCUT2D eigenvalue weighted by molar-refractivity contribution is 0.248. The first-order valence-electron chi connectivity index (χ1n) is 4.14. The Morgan fingerprint density at radius 2 is 1.53 bits per heavy atom. The number of rotatable bonds is 2. The fourth-order valence-electron chi connectivity index (χ4n) is 0.785. The van der Waals surface area contributed by atoms with Crippen molar-refractivity contribution in [2.24, 2.45) is 17.2 Å². The summed E-state index contributed by atoms with van der Waals surface area (Å²) >= 11 is 0. The first-order valence-corrected chi connectivity index (χ1v) is 4.14. The smallest absolute Gasteiger partial charge is 0.312 e. The molecule has 1 aromatic rings. The summed E-state index contributed by atoms with van der Waals surface area (Å²) in [7, 11) is 0. The fraction of sp³-hybridized carbons (Fsp3) is 0.111. The summed E-state index contributed by atoms with van der Waals surface area (Å²) in [5.74, 6) is 0. The number of hydrogen-bond donors (Lipinski definition) is 4. The van der Waals surface area contributed by atoms with E-state index >= 15 is 0 Å². The van der Waals surface area contributed by atoms with Crippen molar-refractivity contribution in [2.75, 3.05) is 0 Å². The van der Waals surface area contributed by atoms with Crippen LogP contribution < -0.4 is 22.5 Å². The molecule has 0 saturated carbocycles. The van der Waals surface area contributed by atoms with Gasteiger partial charge in [0.05, 0.1) is 0 Å². The van der Waals surface area contributed by atoms with Crippen molar-refractivity contribution in [1.29, 1.82) is 0 Å². The number of amides is 4. The van der Waals surface area contributed by atoms with E-state index in [1.165, 1.54) is 0 Å². The van der Waals surface area contributed by atoms with Gasteiger partial charge in [-0.1, -0.05) is 30.3 Å². The molecule has 0 aliphatic heterocycles. The zero-order valence-corrected chi connectivity index (χ0v) is 8.14. The standard InChI is InChI=1S/C8H10N2O.CH4N2O/c9-8(11)10-6-7-4-2-1-3-5-7;2-1(3)4/h1-5H,6H2,(H3,9,10,11);(H4,2,3,4). The van der Waals surface area contributed by atoms with Gasteiger partial charge in [-0.05, 0) is 5.56 Å². The average molecular weight is 210 g/mol. The van der Waals surface area contributed by atoms with Crippen molar-refractivity contribution >= 4 is 12.1 Å². The van der Waals surface area contributed by atoms with Crippen molar-refractivity contribution < 1.29 is 9.59 Å². The van der Waals surface area contributed by atoms with E-state index in [2.05, 4.69) is 16.8 Å². The molecule has 0 fully saturated rings. The molecule has 0 aliphatic rings. The molecule has 15 heavy (non-hydrogen) atoms. The molecule has 6 nitrogen and oxygen atoms in total. The van der Waals surface area contributed by atoms with Crippen LogP contribution >= 0.6 is 0 Å². The normalized spacial score (nSPS) is 8.27. The van der Waals surface area contributed by atoms with Gasteiger partial charge in [-0.25, -0.2) is 9.59 Å². The lowest BCUT2D eigenvalue weighted by atomic mass is 10.2. The van der Waals surface area contributed by atoms with E-state index in [9.17, 15) is 4.79 Å². The Morgan fingerprint density at radius 3 is 1.93 bits per heavy atom. The molecule has 0 radical (unpaired) electrons. The zero-order chi connectivity index (χ0) is 11.7. The molecule has 0 bridgehead atoms. The monoisotopic (exact) mass is 210 g/mol. The Balaban J connectivity index is 0.000000423. The molecule has 0 spiro atoms. The summed E-state index contributed by atoms with van der Waals surface area (Å²) < 4.78 is 0. The number of carbonyl (C=O) groups is 2. The largest absolute Gasteiger partial charge is 0.352 e. The highest BCUT2D eigenvalue weighted by atomic mass is 16.2. The topological polar surface area (TPSA) is 124 Å². The Labute approximate surface area is 87.4 Å². The van der Waals surface area contributed by atoms with Crippen LogP contribution in [0, 0.1) is 0 Å². The fourth-order valence-corrected chi connectivity index (χ4v) is 0.785. The second kappa shape index (κ2) is 7.19. The highest BCUT2D eigenvalue weighted by molar-refractivity contribution is 5.71. The van der Waals surface area contributed by atoms with Gasteiger partial charge in [0.25, 0.3) is 0 Å². The quantitative estimate of drug-likeness (QED) is 0.543. The molecule has 0 unspecified atom stereocenters. The Kier molecular flexibility index (Phi) is 6.12. The van der Waals surface area contributed by atoms with Crippen LogP contribution in [0.25, 0.3) is 0 Å². The number of urea groups is 2. The van der Waals surface area contributed by atoms with Gasteiger partial charge in [0.1, 0.15) is 0 Å². The van der Waals surface area contributed by atoms with Gasteiger partial charge in [-0.2, -0.15) is 0 Å². The Morgan fingerprint density at radius 1 is 1.07 bits per heavy atom. The summed E-state index contributed by atoms with van der Waals surface area (Å²) in [6.07, 6.45) is 0. The van der Waals surface area contributed by atoms with E-state index in [0.29, 0.717) is 6.54 Å². The zero-order valence-electron chi connectivity index (χ0n) is 8.14. The number of primary amides is 3. The first-order chi connectivity index (χ1) is 7.02. The van der Waals surface area contributed by atoms with E-state index in [1.54, 1.807) is 0 Å². The Bertz CT molecular complexity index is 309. The van der Waals surface area contributed by atoms with Crippen molar-refractivity contribution in [1.82, 2.24) is 5.32 Å². The summed E-state index contributed by atoms with van der Waals surface area (Å²) in [6, 6.07) is 8.28. The minimum absolute atomic E-state index is 0.492. The van der Waals surface area contributed by atoms with E-state index in [0.717, 1.165) is 5.56 Å². The van der Waals surface area contributed by atoms with E-state index in [4.69, 9.17) is 10.5 Å². The van der Waals surface area contributed by atoms with Gasteiger partial charge >= 0.3 is 12.1 Å². The number of carbonyl (C=O) groups excluding carboxylic acids is 2. The summed E-state index contributed by atoms with van der Waals surface area (Å²) in [5.41, 5.74) is 14.4. The van der Waals surface area contributed by atoms with Gasteiger partial charge in [-0.15, -0.1) is 0 Å². The maximum absolute atomic E-state index is 10.3. The van der Waals surface area contributed by atoms with Gasteiger partial charge in [-0.3, -0.25) is 0 Å². The van der Waals surface area contributed by atoms with E-state index < -0.39 is 12.1 Å². The Hall–Kier alpha value is -2.24. The third-order valence-electron chi connectivity index (χ3n) is 1.31. The highest BCUT2D eigenvalue weighted by Crippen LogP contribution is 1.96.